The molecule has 12 heteroatoms. The highest BCUT2D eigenvalue weighted by molar-refractivity contribution is 7.89. The third-order valence-electron chi connectivity index (χ3n) is 7.65. The molecule has 0 amide bonds. The van der Waals surface area contributed by atoms with Gasteiger partial charge < -0.3 is 15.0 Å². The van der Waals surface area contributed by atoms with Crippen LogP contribution in [0.5, 0.6) is 5.75 Å². The lowest BCUT2D eigenvalue weighted by atomic mass is 9.82. The number of halogens is 3. The lowest BCUT2D eigenvalue weighted by Crippen LogP contribution is -2.32. The number of benzene rings is 3. The van der Waals surface area contributed by atoms with Crippen LogP contribution in [-0.2, 0) is 16.6 Å². The molecule has 0 atom stereocenters. The van der Waals surface area contributed by atoms with Gasteiger partial charge in [0.05, 0.1) is 10.4 Å². The Labute approximate surface area is 249 Å². The van der Waals surface area contributed by atoms with E-state index in [1.54, 1.807) is 0 Å². The van der Waals surface area contributed by atoms with Gasteiger partial charge in [-0.2, -0.15) is 4.98 Å². The number of alkyl halides is 3. The van der Waals surface area contributed by atoms with Crippen molar-refractivity contribution in [2.24, 2.45) is 11.8 Å². The molecule has 1 aliphatic carbocycles. The zero-order chi connectivity index (χ0) is 30.5. The summed E-state index contributed by atoms with van der Waals surface area (Å²) in [7, 11) is -1.82. The quantitative estimate of drug-likeness (QED) is 0.203. The maximum atomic E-state index is 12.7. The van der Waals surface area contributed by atoms with Crippen LogP contribution in [0, 0.1) is 11.8 Å². The van der Waals surface area contributed by atoms with Gasteiger partial charge in [0.25, 0.3) is 0 Å². The van der Waals surface area contributed by atoms with Crippen molar-refractivity contribution in [1.29, 1.82) is 0 Å². The Hall–Kier alpha value is -3.90. The average molecular weight is 614 g/mol. The fourth-order valence-electron chi connectivity index (χ4n) is 5.37. The average Bonchev–Trinajstić information content (AvgIpc) is 2.99. The van der Waals surface area contributed by atoms with E-state index in [2.05, 4.69) is 31.8 Å². The standard InChI is InChI=1S/C31H34F3N5O3S/c1-39(21-24-7-3-2-4-8-24)29-27-9-5-6-10-28(27)37-30(38-29)35-19-22-11-13-23(14-12-22)20-36-43(40,41)26-17-15-25(16-18-26)42-31(32,33)34/h2-10,15-18,22-23,36H,11-14,19-21H2,1H3,(H,35,37,38)/t22-,23-. The number of hydrogen-bond acceptors (Lipinski definition) is 7. The molecule has 1 fully saturated rings. The third-order valence-corrected chi connectivity index (χ3v) is 9.09. The number of nitrogens with one attached hydrogen (secondary N) is 2. The van der Waals surface area contributed by atoms with Crippen LogP contribution in [0.25, 0.3) is 10.9 Å². The normalized spacial score (nSPS) is 17.5. The fraction of sp³-hybridized carbons (Fsp3) is 0.355. The number of anilines is 2. The second kappa shape index (κ2) is 13.2. The van der Waals surface area contributed by atoms with Crippen LogP contribution in [0.15, 0.2) is 83.8 Å². The zero-order valence-electron chi connectivity index (χ0n) is 23.7. The van der Waals surface area contributed by atoms with Gasteiger partial charge in [0.1, 0.15) is 11.6 Å². The molecular weight excluding hydrogens is 579 g/mol. The molecule has 1 aliphatic rings. The van der Waals surface area contributed by atoms with Gasteiger partial charge in [-0.25, -0.2) is 18.1 Å². The van der Waals surface area contributed by atoms with Gasteiger partial charge in [0.2, 0.25) is 16.0 Å². The minimum absolute atomic E-state index is 0.107. The monoisotopic (exact) mass is 613 g/mol. The van der Waals surface area contributed by atoms with Crippen LogP contribution in [0.4, 0.5) is 24.9 Å². The van der Waals surface area contributed by atoms with Crippen molar-refractivity contribution < 1.29 is 26.3 Å². The number of aromatic nitrogens is 2. The third kappa shape index (κ3) is 8.35. The number of hydrogen-bond donors (Lipinski definition) is 2. The highest BCUT2D eigenvalue weighted by atomic mass is 32.2. The van der Waals surface area contributed by atoms with Crippen LogP contribution >= 0.6 is 0 Å². The van der Waals surface area contributed by atoms with Crippen molar-refractivity contribution in [2.75, 3.05) is 30.4 Å². The maximum Gasteiger partial charge on any atom is 0.573 e. The van der Waals surface area contributed by atoms with E-state index in [0.717, 1.165) is 66.7 Å². The topological polar surface area (TPSA) is 96.5 Å². The molecule has 0 radical (unpaired) electrons. The summed E-state index contributed by atoms with van der Waals surface area (Å²) < 4.78 is 68.8. The summed E-state index contributed by atoms with van der Waals surface area (Å²) in [5.41, 5.74) is 2.06. The molecule has 0 saturated heterocycles. The molecule has 0 unspecified atom stereocenters. The predicted molar refractivity (Wildman–Crippen MR) is 160 cm³/mol. The molecule has 0 bridgehead atoms. The van der Waals surface area contributed by atoms with Crippen LogP contribution < -0.4 is 19.7 Å². The number of ether oxygens (including phenoxy) is 1. The number of nitrogens with zero attached hydrogens (tertiary/aromatic N) is 3. The van der Waals surface area contributed by atoms with E-state index in [0.29, 0.717) is 25.0 Å². The molecular formula is C31H34F3N5O3S. The molecule has 0 spiro atoms. The van der Waals surface area contributed by atoms with Gasteiger partial charge in [-0.15, -0.1) is 13.2 Å². The van der Waals surface area contributed by atoms with Crippen LogP contribution in [-0.4, -0.2) is 44.9 Å². The van der Waals surface area contributed by atoms with E-state index >= 15 is 0 Å². The van der Waals surface area contributed by atoms with Crippen molar-refractivity contribution in [3.8, 4) is 5.75 Å². The van der Waals surface area contributed by atoms with Crippen molar-refractivity contribution in [2.45, 2.75) is 43.5 Å². The smallest absolute Gasteiger partial charge is 0.406 e. The molecule has 2 N–H and O–H groups in total. The van der Waals surface area contributed by atoms with E-state index in [1.807, 2.05) is 49.5 Å². The largest absolute Gasteiger partial charge is 0.573 e. The van der Waals surface area contributed by atoms with E-state index in [1.165, 1.54) is 5.56 Å². The Balaban J connectivity index is 1.13. The Morgan fingerprint density at radius 1 is 0.860 bits per heavy atom. The van der Waals surface area contributed by atoms with Crippen molar-refractivity contribution in [3.63, 3.8) is 0 Å². The van der Waals surface area contributed by atoms with Gasteiger partial charge in [-0.3, -0.25) is 0 Å². The molecule has 1 aromatic heterocycles. The summed E-state index contributed by atoms with van der Waals surface area (Å²) >= 11 is 0. The SMILES string of the molecule is CN(Cc1ccccc1)c1nc(NC[C@H]2CC[C@H](CNS(=O)(=O)c3ccc(OC(F)(F)F)cc3)CC2)nc2ccccc12. The lowest BCUT2D eigenvalue weighted by Gasteiger charge is -2.29. The molecule has 8 nitrogen and oxygen atoms in total. The second-order valence-electron chi connectivity index (χ2n) is 10.9. The number of fused-ring (bicyclic) bond motifs is 1. The van der Waals surface area contributed by atoms with E-state index < -0.39 is 22.1 Å². The number of para-hydroxylation sites is 1. The highest BCUT2D eigenvalue weighted by Gasteiger charge is 2.31. The first-order valence-corrected chi connectivity index (χ1v) is 15.7. The minimum atomic E-state index is -4.84. The van der Waals surface area contributed by atoms with Gasteiger partial charge >= 0.3 is 6.36 Å². The molecule has 3 aromatic carbocycles. The van der Waals surface area contributed by atoms with Crippen LogP contribution in [0.2, 0.25) is 0 Å². The van der Waals surface area contributed by atoms with Crippen molar-refractivity contribution >= 4 is 32.7 Å². The van der Waals surface area contributed by atoms with Gasteiger partial charge in [-0.05, 0) is 79.5 Å². The van der Waals surface area contributed by atoms with Gasteiger partial charge in [-0.1, -0.05) is 42.5 Å². The second-order valence-corrected chi connectivity index (χ2v) is 12.6. The molecule has 5 rings (SSSR count). The molecule has 1 saturated carbocycles. The molecule has 1 heterocycles. The van der Waals surface area contributed by atoms with Crippen molar-refractivity contribution in [3.05, 3.63) is 84.4 Å². The fourth-order valence-corrected chi connectivity index (χ4v) is 6.48. The Morgan fingerprint density at radius 3 is 2.16 bits per heavy atom. The van der Waals surface area contributed by atoms with Crippen molar-refractivity contribution in [1.82, 2.24) is 14.7 Å². The highest BCUT2D eigenvalue weighted by Crippen LogP contribution is 2.30. The minimum Gasteiger partial charge on any atom is -0.406 e. The van der Waals surface area contributed by atoms with Crippen LogP contribution in [0.3, 0.4) is 0 Å². The number of sulfonamides is 1. The summed E-state index contributed by atoms with van der Waals surface area (Å²) in [5.74, 6) is 1.54. The zero-order valence-corrected chi connectivity index (χ0v) is 24.5. The first-order valence-electron chi connectivity index (χ1n) is 14.2. The molecule has 0 aliphatic heterocycles. The first-order chi connectivity index (χ1) is 20.6. The Bertz CT molecular complexity index is 1610. The molecule has 228 valence electrons. The summed E-state index contributed by atoms with van der Waals surface area (Å²) in [4.78, 5) is 11.6. The van der Waals surface area contributed by atoms with E-state index in [-0.39, 0.29) is 17.4 Å². The molecule has 4 aromatic rings. The van der Waals surface area contributed by atoms with Crippen LogP contribution in [0.1, 0.15) is 31.2 Å². The summed E-state index contributed by atoms with van der Waals surface area (Å²) in [6.45, 7) is 1.70. The van der Waals surface area contributed by atoms with Gasteiger partial charge in [0.15, 0.2) is 0 Å². The summed E-state index contributed by atoms with van der Waals surface area (Å²) in [6, 6.07) is 22.4. The van der Waals surface area contributed by atoms with E-state index in [4.69, 9.17) is 9.97 Å². The Morgan fingerprint density at radius 2 is 1.49 bits per heavy atom. The summed E-state index contributed by atoms with van der Waals surface area (Å²) in [6.07, 6.45) is -1.26. The predicted octanol–water partition coefficient (Wildman–Crippen LogP) is 6.36. The van der Waals surface area contributed by atoms with Gasteiger partial charge in [0, 0.05) is 32.1 Å². The van der Waals surface area contributed by atoms with E-state index in [9.17, 15) is 21.6 Å². The summed E-state index contributed by atoms with van der Waals surface area (Å²) in [5, 5.41) is 4.42. The Kier molecular flexibility index (Phi) is 9.36. The lowest BCUT2D eigenvalue weighted by molar-refractivity contribution is -0.274. The number of rotatable bonds is 11. The maximum absolute atomic E-state index is 12.7. The first kappa shape index (κ1) is 30.6. The molecule has 43 heavy (non-hydrogen) atoms.